The van der Waals surface area contributed by atoms with Crippen molar-refractivity contribution >= 4 is 16.1 Å². The van der Waals surface area contributed by atoms with Gasteiger partial charge in [-0.3, -0.25) is 0 Å². The van der Waals surface area contributed by atoms with Crippen LogP contribution in [0.2, 0.25) is 0 Å². The maximum absolute atomic E-state index is 7.03. The van der Waals surface area contributed by atoms with Crippen molar-refractivity contribution in [3.63, 3.8) is 0 Å². The summed E-state index contributed by atoms with van der Waals surface area (Å²) in [6.07, 6.45) is 0. The molecule has 0 heterocycles. The van der Waals surface area contributed by atoms with Gasteiger partial charge in [0, 0.05) is 24.3 Å². The Kier molecular flexibility index (Phi) is 10.8. The normalized spacial score (nSPS) is 8.86. The molecule has 0 amide bonds. The number of hydrogen-bond acceptors (Lipinski definition) is 2. The van der Waals surface area contributed by atoms with Gasteiger partial charge < -0.3 is 20.4 Å². The molecule has 0 aliphatic heterocycles. The van der Waals surface area contributed by atoms with Gasteiger partial charge in [0.25, 0.3) is 0 Å². The van der Waals surface area contributed by atoms with Crippen LogP contribution >= 0.6 is 0 Å². The SMILES string of the molecule is C[O][Ge][O]C.[OH2+]c1ccccc1[OH2+].[OH2+]c1ccccc1[OH2+]. The van der Waals surface area contributed by atoms with Gasteiger partial charge in [0.1, 0.15) is 0 Å². The fourth-order valence-electron chi connectivity index (χ4n) is 1.05. The molecule has 0 aromatic heterocycles. The zero-order chi connectivity index (χ0) is 16.1. The molecule has 0 aliphatic rings. The monoisotopic (exact) mass is 360 g/mol. The summed E-state index contributed by atoms with van der Waals surface area (Å²) in [5.41, 5.74) is 0. The van der Waals surface area contributed by atoms with Crippen LogP contribution in [0.5, 0.6) is 23.0 Å². The molecule has 0 aliphatic carbocycles. The molecule has 0 bridgehead atoms. The fraction of sp³-hybridized carbons (Fsp3) is 0.143. The summed E-state index contributed by atoms with van der Waals surface area (Å²) in [6.45, 7) is 0. The minimum Gasteiger partial charge on any atom is -0.587 e. The molecule has 8 N–H and O–H groups in total. The third-order valence-corrected chi connectivity index (χ3v) is 2.72. The summed E-state index contributed by atoms with van der Waals surface area (Å²) in [6, 6.07) is 13.4. The van der Waals surface area contributed by atoms with Gasteiger partial charge in [0.15, 0.2) is 0 Å². The van der Waals surface area contributed by atoms with Gasteiger partial charge in [-0.2, -0.15) is 0 Å². The second-order valence-corrected chi connectivity index (χ2v) is 5.65. The van der Waals surface area contributed by atoms with Gasteiger partial charge >= 0.3 is 60.8 Å². The van der Waals surface area contributed by atoms with Gasteiger partial charge in [0.05, 0.1) is 0 Å². The Bertz CT molecular complexity index is 419. The predicted octanol–water partition coefficient (Wildman–Crippen LogP) is 0.938. The Morgan fingerprint density at radius 2 is 0.857 bits per heavy atom. The summed E-state index contributed by atoms with van der Waals surface area (Å²) in [7, 11) is 3.28. The summed E-state index contributed by atoms with van der Waals surface area (Å²) in [4.78, 5) is 0. The van der Waals surface area contributed by atoms with Crippen LogP contribution in [-0.2, 0) is 7.53 Å². The van der Waals surface area contributed by atoms with Crippen LogP contribution < -0.4 is 0 Å². The molecule has 2 aromatic rings. The van der Waals surface area contributed by atoms with Crippen molar-refractivity contribution < 1.29 is 28.0 Å². The summed E-state index contributed by atoms with van der Waals surface area (Å²) in [5.74, 6) is 1.14. The molecule has 0 fully saturated rings. The average molecular weight is 359 g/mol. The van der Waals surface area contributed by atoms with E-state index in [1.54, 1.807) is 62.8 Å². The van der Waals surface area contributed by atoms with Gasteiger partial charge in [0.2, 0.25) is 0 Å². The van der Waals surface area contributed by atoms with Crippen molar-refractivity contribution in [3.8, 4) is 23.0 Å². The van der Waals surface area contributed by atoms with Gasteiger partial charge in [-0.15, -0.1) is 0 Å². The Balaban J connectivity index is 0.000000296. The molecule has 2 radical (unpaired) electrons. The molecule has 0 saturated heterocycles. The largest absolute Gasteiger partial charge is 0.587 e. The number of para-hydroxylation sites is 4. The molecule has 0 saturated carbocycles. The van der Waals surface area contributed by atoms with E-state index >= 15 is 0 Å². The van der Waals surface area contributed by atoms with Gasteiger partial charge in [-0.1, -0.05) is 24.3 Å². The molecule has 0 spiro atoms. The molecule has 2 aromatic carbocycles. The van der Waals surface area contributed by atoms with Crippen LogP contribution in [0.1, 0.15) is 0 Å². The molecular weight excluding hydrogens is 337 g/mol. The quantitative estimate of drug-likeness (QED) is 0.587. The van der Waals surface area contributed by atoms with Crippen LogP contribution in [0, 0.1) is 0 Å². The Labute approximate surface area is 130 Å². The van der Waals surface area contributed by atoms with Crippen LogP contribution in [0.15, 0.2) is 48.5 Å². The first-order valence-electron chi connectivity index (χ1n) is 5.88. The van der Waals surface area contributed by atoms with E-state index in [0.717, 1.165) is 0 Å². The first-order chi connectivity index (χ1) is 10.0. The number of benzene rings is 2. The summed E-state index contributed by atoms with van der Waals surface area (Å²) >= 11 is -0.472. The number of hydrogen-bond donors (Lipinski definition) is 0. The fourth-order valence-corrected chi connectivity index (χ4v) is 1.40. The third kappa shape index (κ3) is 9.61. The molecule has 21 heavy (non-hydrogen) atoms. The summed E-state index contributed by atoms with van der Waals surface area (Å²) in [5, 5.41) is 28.1. The maximum Gasteiger partial charge on any atom is 0.351 e. The number of rotatable bonds is 2. The van der Waals surface area contributed by atoms with E-state index in [0.29, 0.717) is 0 Å². The van der Waals surface area contributed by atoms with Crippen LogP contribution in [0.3, 0.4) is 0 Å². The molecule has 7 heteroatoms. The molecule has 0 atom stereocenters. The first-order valence-corrected chi connectivity index (χ1v) is 7.59. The van der Waals surface area contributed by atoms with Crippen molar-refractivity contribution in [2.24, 2.45) is 0 Å². The second kappa shape index (κ2) is 11.9. The summed E-state index contributed by atoms with van der Waals surface area (Å²) < 4.78 is 9.19. The van der Waals surface area contributed by atoms with E-state index in [9.17, 15) is 0 Å². The Morgan fingerprint density at radius 3 is 0.952 bits per heavy atom. The van der Waals surface area contributed by atoms with Crippen LogP contribution in [-0.4, -0.2) is 50.8 Å². The predicted molar refractivity (Wildman–Crippen MR) is 84.9 cm³/mol. The zero-order valence-electron chi connectivity index (χ0n) is 11.9. The van der Waals surface area contributed by atoms with Crippen molar-refractivity contribution in [3.05, 3.63) is 48.5 Å². The zero-order valence-corrected chi connectivity index (χ0v) is 14.0. The van der Waals surface area contributed by atoms with Gasteiger partial charge in [-0.25, -0.2) is 0 Å². The van der Waals surface area contributed by atoms with E-state index in [1.807, 2.05) is 0 Å². The molecule has 114 valence electrons. The molecule has 6 nitrogen and oxygen atoms in total. The minimum absolute atomic E-state index is 0.285. The molecule has 0 unspecified atom stereocenters. The van der Waals surface area contributed by atoms with E-state index in [-0.39, 0.29) is 23.0 Å². The Morgan fingerprint density at radius 1 is 0.619 bits per heavy atom. The standard InChI is InChI=1S/2C6H6O2.C2H6GeO2/c2*7-5-3-1-2-4-6(5)8;1-4-3-5-2/h2*1-4,7-8H;1-2H3/p+4. The van der Waals surface area contributed by atoms with E-state index in [4.69, 9.17) is 20.4 Å². The van der Waals surface area contributed by atoms with E-state index in [1.165, 1.54) is 0 Å². The average Bonchev–Trinajstić information content (AvgIpc) is 2.48. The molecule has 2 rings (SSSR count). The first kappa shape index (κ1) is 19.1. The second-order valence-electron chi connectivity index (χ2n) is 3.58. The van der Waals surface area contributed by atoms with Crippen molar-refractivity contribution in [1.29, 1.82) is 0 Å². The van der Waals surface area contributed by atoms with Crippen LogP contribution in [0.4, 0.5) is 0 Å². The van der Waals surface area contributed by atoms with Crippen molar-refractivity contribution in [2.75, 3.05) is 14.2 Å². The van der Waals surface area contributed by atoms with Gasteiger partial charge in [-0.05, 0) is 0 Å². The Hall–Kier alpha value is -1.90. The maximum atomic E-state index is 7.03. The van der Waals surface area contributed by atoms with Crippen molar-refractivity contribution in [2.45, 2.75) is 0 Å². The van der Waals surface area contributed by atoms with Crippen molar-refractivity contribution in [1.82, 2.24) is 0 Å². The topological polar surface area (TPSA) is 110 Å². The smallest absolute Gasteiger partial charge is 0.351 e. The van der Waals surface area contributed by atoms with E-state index < -0.39 is 16.1 Å². The minimum atomic E-state index is -0.472. The van der Waals surface area contributed by atoms with E-state index in [2.05, 4.69) is 7.53 Å². The molecular formula is C14H22GeO6+4. The van der Waals surface area contributed by atoms with Crippen LogP contribution in [0.25, 0.3) is 0 Å². The third-order valence-electron chi connectivity index (χ3n) is 2.02.